The number of carbonyl (C=O) groups is 4. The molecule has 1 saturated heterocycles. The van der Waals surface area contributed by atoms with Crippen molar-refractivity contribution in [3.63, 3.8) is 0 Å². The second kappa shape index (κ2) is 19.2. The van der Waals surface area contributed by atoms with Crippen LogP contribution in [0.3, 0.4) is 0 Å². The normalized spacial score (nSPS) is 18.3. The molecule has 1 aliphatic heterocycles. The van der Waals surface area contributed by atoms with Crippen LogP contribution >= 0.6 is 0 Å². The first kappa shape index (κ1) is 41.6. The third-order valence-corrected chi connectivity index (χ3v) is 9.81. The van der Waals surface area contributed by atoms with Gasteiger partial charge in [-0.2, -0.15) is 0 Å². The Kier molecular flexibility index (Phi) is 15.1. The molecule has 0 bridgehead atoms. The van der Waals surface area contributed by atoms with E-state index in [0.717, 1.165) is 31.2 Å². The number of amides is 5. The van der Waals surface area contributed by atoms with Crippen LogP contribution in [0.25, 0.3) is 0 Å². The van der Waals surface area contributed by atoms with Gasteiger partial charge in [0.1, 0.15) is 17.7 Å². The van der Waals surface area contributed by atoms with Gasteiger partial charge >= 0.3 is 12.1 Å². The van der Waals surface area contributed by atoms with Gasteiger partial charge in [-0.25, -0.2) is 14.6 Å². The number of alkyl carbamates (subject to hydrolysis) is 1. The molecule has 2 aliphatic rings. The maximum absolute atomic E-state index is 14.1. The Morgan fingerprint density at radius 1 is 0.906 bits per heavy atom. The summed E-state index contributed by atoms with van der Waals surface area (Å²) in [6.07, 6.45) is 8.95. The molecule has 4 rings (SSSR count). The van der Waals surface area contributed by atoms with E-state index in [9.17, 15) is 29.4 Å². The van der Waals surface area contributed by atoms with E-state index in [0.29, 0.717) is 44.0 Å². The Balaban J connectivity index is 1.47. The third-order valence-electron chi connectivity index (χ3n) is 9.81. The highest BCUT2D eigenvalue weighted by atomic mass is 16.6. The molecular weight excluding hydrogens is 678 g/mol. The number of aromatic nitrogens is 2. The van der Waals surface area contributed by atoms with E-state index < -0.39 is 59.4 Å². The Morgan fingerprint density at radius 3 is 2.15 bits per heavy atom. The molecule has 0 spiro atoms. The van der Waals surface area contributed by atoms with Crippen molar-refractivity contribution < 1.29 is 34.1 Å². The molecule has 1 aliphatic carbocycles. The van der Waals surface area contributed by atoms with Crippen LogP contribution in [-0.4, -0.2) is 104 Å². The van der Waals surface area contributed by atoms with Crippen LogP contribution in [0.4, 0.5) is 9.59 Å². The molecule has 5 amide bonds. The van der Waals surface area contributed by atoms with Crippen LogP contribution < -0.4 is 21.3 Å². The van der Waals surface area contributed by atoms with E-state index in [2.05, 4.69) is 31.2 Å². The van der Waals surface area contributed by atoms with E-state index in [1.54, 1.807) is 45.7 Å². The average molecular weight is 740 g/mol. The van der Waals surface area contributed by atoms with Crippen LogP contribution in [0, 0.1) is 5.92 Å². The summed E-state index contributed by atoms with van der Waals surface area (Å²) in [7, 11) is 0. The molecule has 2 aromatic rings. The quantitative estimate of drug-likeness (QED) is 0.143. The zero-order valence-electron chi connectivity index (χ0n) is 32.0. The minimum absolute atomic E-state index is 0.0700. The number of carbonyl (C=O) groups excluding carboxylic acids is 4. The van der Waals surface area contributed by atoms with Gasteiger partial charge in [0.2, 0.25) is 11.8 Å². The number of aliphatic hydroxyl groups is 2. The van der Waals surface area contributed by atoms with Crippen LogP contribution in [0.15, 0.2) is 42.9 Å². The Bertz CT molecular complexity index is 1440. The highest BCUT2D eigenvalue weighted by Gasteiger charge is 2.34. The number of rotatable bonds is 15. The van der Waals surface area contributed by atoms with Crippen molar-refractivity contribution in [3.05, 3.63) is 54.1 Å². The molecule has 2 fully saturated rings. The summed E-state index contributed by atoms with van der Waals surface area (Å²) in [6.45, 7) is 9.38. The standard InChI is InChI=1S/C39H61N7O7/c1-38(2,3)53-37(51)42-28-16-18-46(19-17-28)36(50)45-31(21-27-14-10-7-11-15-27)34(48)44-32(22-29-24-40-25-41-29)35(49)43-30(33(47)23-39(4,5)52)20-26-12-8-6-9-13-26/h7,10-11,14-15,24-26,28,30-33,47,52H,6,8-9,12-13,16-23H2,1-5H3,(H,40,41)(H,42,51)(H,43,49)(H,44,48)(H,45,50)/t30-,31-,32-,33-/m0/s1. The van der Waals surface area contributed by atoms with Crippen LogP contribution in [0.5, 0.6) is 0 Å². The molecule has 4 atom stereocenters. The summed E-state index contributed by atoms with van der Waals surface area (Å²) < 4.78 is 5.37. The fraction of sp³-hybridized carbons (Fsp3) is 0.667. The summed E-state index contributed by atoms with van der Waals surface area (Å²) in [6, 6.07) is 6.02. The van der Waals surface area contributed by atoms with E-state index in [4.69, 9.17) is 4.74 Å². The number of nitrogens with one attached hydrogen (secondary N) is 5. The van der Waals surface area contributed by atoms with Crippen LogP contribution in [0.1, 0.15) is 104 Å². The lowest BCUT2D eigenvalue weighted by atomic mass is 9.82. The highest BCUT2D eigenvalue weighted by molar-refractivity contribution is 5.92. The van der Waals surface area contributed by atoms with Gasteiger partial charge < -0.3 is 46.1 Å². The van der Waals surface area contributed by atoms with E-state index in [1.165, 1.54) is 12.7 Å². The van der Waals surface area contributed by atoms with Crippen molar-refractivity contribution in [1.82, 2.24) is 36.1 Å². The molecular formula is C39H61N7O7. The van der Waals surface area contributed by atoms with Gasteiger partial charge in [-0.05, 0) is 65.4 Å². The predicted molar refractivity (Wildman–Crippen MR) is 201 cm³/mol. The molecule has 7 N–H and O–H groups in total. The molecule has 14 nitrogen and oxygen atoms in total. The maximum Gasteiger partial charge on any atom is 0.407 e. The molecule has 294 valence electrons. The summed E-state index contributed by atoms with van der Waals surface area (Å²) in [4.78, 5) is 62.9. The number of hydrogen-bond donors (Lipinski definition) is 7. The molecule has 53 heavy (non-hydrogen) atoms. The van der Waals surface area contributed by atoms with Gasteiger partial charge in [-0.3, -0.25) is 9.59 Å². The molecule has 2 heterocycles. The second-order valence-electron chi connectivity index (χ2n) is 16.4. The summed E-state index contributed by atoms with van der Waals surface area (Å²) in [5, 5.41) is 33.5. The summed E-state index contributed by atoms with van der Waals surface area (Å²) in [5.41, 5.74) is -0.391. The highest BCUT2D eigenvalue weighted by Crippen LogP contribution is 2.29. The van der Waals surface area contributed by atoms with E-state index in [-0.39, 0.29) is 25.3 Å². The van der Waals surface area contributed by atoms with Crippen molar-refractivity contribution in [2.24, 2.45) is 5.92 Å². The minimum Gasteiger partial charge on any atom is -0.444 e. The number of aromatic amines is 1. The Labute approximate surface area is 313 Å². The van der Waals surface area contributed by atoms with Crippen LogP contribution in [-0.2, 0) is 27.2 Å². The van der Waals surface area contributed by atoms with Gasteiger partial charge in [0.05, 0.1) is 29.8 Å². The van der Waals surface area contributed by atoms with E-state index in [1.807, 2.05) is 30.3 Å². The van der Waals surface area contributed by atoms with Gasteiger partial charge in [0, 0.05) is 44.6 Å². The monoisotopic (exact) mass is 739 g/mol. The molecule has 1 aromatic heterocycles. The summed E-state index contributed by atoms with van der Waals surface area (Å²) in [5.74, 6) is -0.699. The van der Waals surface area contributed by atoms with Gasteiger partial charge in [-0.15, -0.1) is 0 Å². The predicted octanol–water partition coefficient (Wildman–Crippen LogP) is 3.72. The topological polar surface area (TPSA) is 198 Å². The lowest BCUT2D eigenvalue weighted by Gasteiger charge is -2.34. The fourth-order valence-corrected chi connectivity index (χ4v) is 7.13. The Morgan fingerprint density at radius 2 is 1.55 bits per heavy atom. The number of piperidine rings is 1. The zero-order chi connectivity index (χ0) is 38.6. The fourth-order valence-electron chi connectivity index (χ4n) is 7.13. The number of hydrogen-bond acceptors (Lipinski definition) is 8. The Hall–Kier alpha value is -4.17. The van der Waals surface area contributed by atoms with E-state index >= 15 is 0 Å². The number of urea groups is 1. The summed E-state index contributed by atoms with van der Waals surface area (Å²) >= 11 is 0. The largest absolute Gasteiger partial charge is 0.444 e. The number of ether oxygens (including phenoxy) is 1. The maximum atomic E-state index is 14.1. The van der Waals surface area contributed by atoms with Gasteiger partial charge in [0.25, 0.3) is 0 Å². The molecule has 1 aromatic carbocycles. The average Bonchev–Trinajstić information content (AvgIpc) is 3.60. The molecule has 0 radical (unpaired) electrons. The van der Waals surface area contributed by atoms with Gasteiger partial charge in [-0.1, -0.05) is 62.4 Å². The van der Waals surface area contributed by atoms with Gasteiger partial charge in [0.15, 0.2) is 0 Å². The lowest BCUT2D eigenvalue weighted by molar-refractivity contribution is -0.131. The first-order chi connectivity index (χ1) is 25.0. The third kappa shape index (κ3) is 14.6. The zero-order valence-corrected chi connectivity index (χ0v) is 32.0. The minimum atomic E-state index is -1.15. The number of H-pyrrole nitrogens is 1. The van der Waals surface area contributed by atoms with Crippen LogP contribution in [0.2, 0.25) is 0 Å². The SMILES string of the molecule is CC(C)(O)C[C@H](O)[C@H](CC1CCCCC1)NC(=O)[C@H](Cc1c[nH]cn1)NC(=O)[C@H](Cc1ccccc1)NC(=O)N1CCC(NC(=O)OC(C)(C)C)CC1. The van der Waals surface area contributed by atoms with Crippen molar-refractivity contribution in [3.8, 4) is 0 Å². The van der Waals surface area contributed by atoms with Crippen molar-refractivity contribution in [1.29, 1.82) is 0 Å². The first-order valence-corrected chi connectivity index (χ1v) is 19.1. The number of nitrogens with zero attached hydrogens (tertiary/aromatic N) is 2. The smallest absolute Gasteiger partial charge is 0.407 e. The number of likely N-dealkylation sites (tertiary alicyclic amines) is 1. The van der Waals surface area contributed by atoms with Crippen molar-refractivity contribution in [2.75, 3.05) is 13.1 Å². The van der Waals surface area contributed by atoms with Crippen molar-refractivity contribution >= 4 is 23.9 Å². The molecule has 0 unspecified atom stereocenters. The first-order valence-electron chi connectivity index (χ1n) is 19.1. The number of aliphatic hydroxyl groups excluding tert-OH is 1. The van der Waals surface area contributed by atoms with Crippen molar-refractivity contribution in [2.45, 2.75) is 147 Å². The second-order valence-corrected chi connectivity index (χ2v) is 16.4. The molecule has 1 saturated carbocycles. The lowest BCUT2D eigenvalue weighted by Crippen LogP contribution is -2.59. The number of benzene rings is 1. The number of imidazole rings is 1. The molecule has 14 heteroatoms.